The molecule has 1 aromatic rings. The molecular formula is C17H26O. The second-order valence-electron chi connectivity index (χ2n) is 6.42. The molecule has 1 heteroatoms. The minimum Gasteiger partial charge on any atom is -0.299 e. The van der Waals surface area contributed by atoms with Crippen LogP contribution in [0.2, 0.25) is 0 Å². The highest BCUT2D eigenvalue weighted by Gasteiger charge is 2.12. The first-order valence-electron chi connectivity index (χ1n) is 6.93. The molecule has 0 aliphatic carbocycles. The minimum atomic E-state index is 0.174. The fourth-order valence-electron chi connectivity index (χ4n) is 1.93. The second kappa shape index (κ2) is 6.17. The summed E-state index contributed by atoms with van der Waals surface area (Å²) in [5.41, 5.74) is 2.91. The van der Waals surface area contributed by atoms with Crippen molar-refractivity contribution >= 4 is 5.78 Å². The zero-order valence-corrected chi connectivity index (χ0v) is 12.4. The van der Waals surface area contributed by atoms with Gasteiger partial charge >= 0.3 is 0 Å². The van der Waals surface area contributed by atoms with E-state index in [1.807, 2.05) is 13.8 Å². The Bertz CT molecular complexity index is 379. The Balaban J connectivity index is 2.47. The zero-order valence-electron chi connectivity index (χ0n) is 12.4. The van der Waals surface area contributed by atoms with E-state index < -0.39 is 0 Å². The number of rotatable bonds is 5. The van der Waals surface area contributed by atoms with Crippen LogP contribution in [0.5, 0.6) is 0 Å². The summed E-state index contributed by atoms with van der Waals surface area (Å²) in [6.45, 7) is 10.6. The summed E-state index contributed by atoms with van der Waals surface area (Å²) in [7, 11) is 0. The van der Waals surface area contributed by atoms with E-state index in [0.29, 0.717) is 12.2 Å². The summed E-state index contributed by atoms with van der Waals surface area (Å²) < 4.78 is 0. The first-order chi connectivity index (χ1) is 8.30. The van der Waals surface area contributed by atoms with Crippen molar-refractivity contribution in [3.63, 3.8) is 0 Å². The normalized spacial score (nSPS) is 11.9. The Morgan fingerprint density at radius 2 is 1.67 bits per heavy atom. The molecule has 18 heavy (non-hydrogen) atoms. The molecule has 0 saturated heterocycles. The van der Waals surface area contributed by atoms with Crippen molar-refractivity contribution in [3.8, 4) is 0 Å². The van der Waals surface area contributed by atoms with Crippen molar-refractivity contribution in [2.24, 2.45) is 5.92 Å². The van der Waals surface area contributed by atoms with Crippen molar-refractivity contribution in [2.45, 2.75) is 59.3 Å². The van der Waals surface area contributed by atoms with E-state index in [9.17, 15) is 4.79 Å². The van der Waals surface area contributed by atoms with Gasteiger partial charge in [-0.1, -0.05) is 58.9 Å². The van der Waals surface area contributed by atoms with E-state index in [1.54, 1.807) is 0 Å². The molecule has 0 spiro atoms. The number of ketones is 1. The largest absolute Gasteiger partial charge is 0.299 e. The van der Waals surface area contributed by atoms with Gasteiger partial charge in [0, 0.05) is 12.3 Å². The van der Waals surface area contributed by atoms with Crippen LogP contribution in [0, 0.1) is 5.92 Å². The maximum atomic E-state index is 11.5. The van der Waals surface area contributed by atoms with Crippen LogP contribution in [0.4, 0.5) is 0 Å². The molecule has 100 valence electrons. The van der Waals surface area contributed by atoms with Crippen molar-refractivity contribution in [2.75, 3.05) is 0 Å². The van der Waals surface area contributed by atoms with E-state index in [1.165, 1.54) is 11.1 Å². The van der Waals surface area contributed by atoms with E-state index >= 15 is 0 Å². The molecule has 0 fully saturated rings. The molecule has 0 amide bonds. The van der Waals surface area contributed by atoms with E-state index in [4.69, 9.17) is 0 Å². The van der Waals surface area contributed by atoms with Crippen LogP contribution in [-0.2, 0) is 16.6 Å². The molecule has 1 aromatic carbocycles. The molecule has 0 unspecified atom stereocenters. The predicted octanol–water partition coefficient (Wildman–Crippen LogP) is 4.53. The van der Waals surface area contributed by atoms with Crippen LogP contribution >= 0.6 is 0 Å². The van der Waals surface area contributed by atoms with E-state index in [-0.39, 0.29) is 11.3 Å². The molecule has 0 aliphatic heterocycles. The molecule has 0 saturated carbocycles. The van der Waals surface area contributed by atoms with Gasteiger partial charge in [-0.05, 0) is 29.4 Å². The molecule has 0 atom stereocenters. The molecule has 0 bridgehead atoms. The summed E-state index contributed by atoms with van der Waals surface area (Å²) in [5.74, 6) is 0.551. The van der Waals surface area contributed by atoms with Crippen LogP contribution in [-0.4, -0.2) is 5.78 Å². The second-order valence-corrected chi connectivity index (χ2v) is 6.42. The van der Waals surface area contributed by atoms with Crippen LogP contribution in [0.1, 0.15) is 58.6 Å². The van der Waals surface area contributed by atoms with Crippen molar-refractivity contribution in [1.29, 1.82) is 0 Å². The smallest absolute Gasteiger partial charge is 0.135 e. The van der Waals surface area contributed by atoms with Gasteiger partial charge in [-0.2, -0.15) is 0 Å². The number of carbonyl (C=O) groups is 1. The van der Waals surface area contributed by atoms with E-state index in [0.717, 1.165) is 12.8 Å². The van der Waals surface area contributed by atoms with Gasteiger partial charge in [0.15, 0.2) is 0 Å². The molecule has 0 aromatic heterocycles. The van der Waals surface area contributed by atoms with Crippen molar-refractivity contribution in [1.82, 2.24) is 0 Å². The summed E-state index contributed by atoms with van der Waals surface area (Å²) in [4.78, 5) is 11.5. The quantitative estimate of drug-likeness (QED) is 0.746. The molecule has 0 radical (unpaired) electrons. The van der Waals surface area contributed by atoms with Crippen molar-refractivity contribution < 1.29 is 4.79 Å². The SMILES string of the molecule is CC(C)C(=O)CCCc1ccc(C(C)(C)C)cc1. The van der Waals surface area contributed by atoms with Crippen LogP contribution in [0.15, 0.2) is 24.3 Å². The topological polar surface area (TPSA) is 17.1 Å². The van der Waals surface area contributed by atoms with Gasteiger partial charge in [-0.15, -0.1) is 0 Å². The Labute approximate surface area is 112 Å². The highest BCUT2D eigenvalue weighted by atomic mass is 16.1. The maximum absolute atomic E-state index is 11.5. The molecular weight excluding hydrogens is 220 g/mol. The third-order valence-electron chi connectivity index (χ3n) is 3.35. The lowest BCUT2D eigenvalue weighted by molar-refractivity contribution is -0.121. The van der Waals surface area contributed by atoms with E-state index in [2.05, 4.69) is 45.0 Å². The lowest BCUT2D eigenvalue weighted by atomic mass is 9.86. The Kier molecular flexibility index (Phi) is 5.13. The Morgan fingerprint density at radius 1 is 1.11 bits per heavy atom. The average Bonchev–Trinajstić information content (AvgIpc) is 2.28. The number of aryl methyl sites for hydroxylation is 1. The van der Waals surface area contributed by atoms with Gasteiger partial charge < -0.3 is 0 Å². The third-order valence-corrected chi connectivity index (χ3v) is 3.35. The monoisotopic (exact) mass is 246 g/mol. The number of hydrogen-bond donors (Lipinski definition) is 0. The highest BCUT2D eigenvalue weighted by Crippen LogP contribution is 2.22. The summed E-state index contributed by atoms with van der Waals surface area (Å²) in [6.07, 6.45) is 2.67. The summed E-state index contributed by atoms with van der Waals surface area (Å²) >= 11 is 0. The molecule has 1 nitrogen and oxygen atoms in total. The summed E-state index contributed by atoms with van der Waals surface area (Å²) in [6, 6.07) is 8.81. The van der Waals surface area contributed by atoms with Gasteiger partial charge in [-0.25, -0.2) is 0 Å². The number of carbonyl (C=O) groups excluding carboxylic acids is 1. The third kappa shape index (κ3) is 4.64. The first kappa shape index (κ1) is 14.9. The lowest BCUT2D eigenvalue weighted by Gasteiger charge is -2.19. The van der Waals surface area contributed by atoms with Crippen molar-refractivity contribution in [3.05, 3.63) is 35.4 Å². The fourth-order valence-corrected chi connectivity index (χ4v) is 1.93. The Morgan fingerprint density at radius 3 is 2.11 bits per heavy atom. The maximum Gasteiger partial charge on any atom is 0.135 e. The van der Waals surface area contributed by atoms with Gasteiger partial charge in [0.2, 0.25) is 0 Å². The predicted molar refractivity (Wildman–Crippen MR) is 77.9 cm³/mol. The first-order valence-corrected chi connectivity index (χ1v) is 6.93. The zero-order chi connectivity index (χ0) is 13.8. The lowest BCUT2D eigenvalue weighted by Crippen LogP contribution is -2.10. The Hall–Kier alpha value is -1.11. The number of hydrogen-bond acceptors (Lipinski definition) is 1. The number of benzene rings is 1. The van der Waals surface area contributed by atoms with Gasteiger partial charge in [0.05, 0.1) is 0 Å². The van der Waals surface area contributed by atoms with Crippen LogP contribution < -0.4 is 0 Å². The van der Waals surface area contributed by atoms with Crippen LogP contribution in [0.3, 0.4) is 0 Å². The van der Waals surface area contributed by atoms with Gasteiger partial charge in [0.25, 0.3) is 0 Å². The average molecular weight is 246 g/mol. The molecule has 0 aliphatic rings. The van der Waals surface area contributed by atoms with Gasteiger partial charge in [-0.3, -0.25) is 4.79 Å². The highest BCUT2D eigenvalue weighted by molar-refractivity contribution is 5.80. The fraction of sp³-hybridized carbons (Fsp3) is 0.588. The summed E-state index contributed by atoms with van der Waals surface area (Å²) in [5, 5.41) is 0. The molecule has 1 rings (SSSR count). The molecule has 0 heterocycles. The van der Waals surface area contributed by atoms with Gasteiger partial charge in [0.1, 0.15) is 5.78 Å². The van der Waals surface area contributed by atoms with Crippen LogP contribution in [0.25, 0.3) is 0 Å². The molecule has 0 N–H and O–H groups in total. The number of Topliss-reactive ketones (excluding diaryl/α,β-unsaturated/α-hetero) is 1. The minimum absolute atomic E-state index is 0.174. The standard InChI is InChI=1S/C17H26O/c1-13(2)16(18)8-6-7-14-9-11-15(12-10-14)17(3,4)5/h9-13H,6-8H2,1-5H3.